The van der Waals surface area contributed by atoms with Gasteiger partial charge in [0.05, 0.1) is 0 Å². The molecule has 0 bridgehead atoms. The molecule has 1 nitrogen and oxygen atoms in total. The number of rotatable bonds is 2. The summed E-state index contributed by atoms with van der Waals surface area (Å²) in [5.41, 5.74) is 1.72. The van der Waals surface area contributed by atoms with Crippen LogP contribution in [0.15, 0.2) is 11.6 Å². The second kappa shape index (κ2) is 3.45. The van der Waals surface area contributed by atoms with Crippen LogP contribution in [0, 0.1) is 17.8 Å². The van der Waals surface area contributed by atoms with Gasteiger partial charge in [-0.3, -0.25) is 0 Å². The van der Waals surface area contributed by atoms with E-state index in [0.29, 0.717) is 0 Å². The van der Waals surface area contributed by atoms with Crippen LogP contribution in [0.25, 0.3) is 0 Å². The third-order valence-corrected chi connectivity index (χ3v) is 3.64. The maximum Gasteiger partial charge on any atom is 0.0101 e. The zero-order valence-electron chi connectivity index (χ0n) is 9.01. The molecule has 3 unspecified atom stereocenters. The molecular weight excluding hydrogens is 158 g/mol. The van der Waals surface area contributed by atoms with Gasteiger partial charge in [-0.15, -0.1) is 0 Å². The molecule has 0 aromatic rings. The van der Waals surface area contributed by atoms with Gasteiger partial charge in [-0.25, -0.2) is 0 Å². The van der Waals surface area contributed by atoms with Crippen LogP contribution < -0.4 is 5.32 Å². The fraction of sp³-hybridized carbons (Fsp3) is 0.833. The standard InChI is InChI=1S/C12H21N/c1-8(2)4-9-5-10-7-12(13-3)11(10)6-9/h4,8,10-13H,5-7H2,1-3H3. The van der Waals surface area contributed by atoms with E-state index in [9.17, 15) is 0 Å². The Kier molecular flexibility index (Phi) is 2.46. The molecule has 0 aromatic heterocycles. The van der Waals surface area contributed by atoms with E-state index in [2.05, 4.69) is 32.3 Å². The molecule has 0 heterocycles. The van der Waals surface area contributed by atoms with Crippen molar-refractivity contribution in [1.29, 1.82) is 0 Å². The minimum absolute atomic E-state index is 0.737. The Bertz CT molecular complexity index is 217. The quantitative estimate of drug-likeness (QED) is 0.642. The summed E-state index contributed by atoms with van der Waals surface area (Å²) in [7, 11) is 2.10. The molecule has 3 atom stereocenters. The van der Waals surface area contributed by atoms with Crippen LogP contribution in [0.3, 0.4) is 0 Å². The van der Waals surface area contributed by atoms with Gasteiger partial charge in [-0.1, -0.05) is 25.5 Å². The zero-order chi connectivity index (χ0) is 9.42. The van der Waals surface area contributed by atoms with E-state index in [0.717, 1.165) is 23.8 Å². The van der Waals surface area contributed by atoms with Gasteiger partial charge in [0.1, 0.15) is 0 Å². The lowest BCUT2D eigenvalue weighted by molar-refractivity contribution is 0.145. The first kappa shape index (κ1) is 9.26. The first-order valence-electron chi connectivity index (χ1n) is 5.57. The van der Waals surface area contributed by atoms with Crippen molar-refractivity contribution in [1.82, 2.24) is 5.32 Å². The summed E-state index contributed by atoms with van der Waals surface area (Å²) in [6.45, 7) is 4.56. The predicted octanol–water partition coefficient (Wildman–Crippen LogP) is 2.59. The molecule has 0 aliphatic heterocycles. The molecule has 1 heteroatoms. The number of allylic oxidation sites excluding steroid dienone is 2. The highest BCUT2D eigenvalue weighted by atomic mass is 14.9. The van der Waals surface area contributed by atoms with Crippen LogP contribution >= 0.6 is 0 Å². The third-order valence-electron chi connectivity index (χ3n) is 3.64. The number of fused-ring (bicyclic) bond motifs is 1. The van der Waals surface area contributed by atoms with Gasteiger partial charge >= 0.3 is 0 Å². The van der Waals surface area contributed by atoms with Crippen molar-refractivity contribution >= 4 is 0 Å². The van der Waals surface area contributed by atoms with Crippen molar-refractivity contribution in [3.63, 3.8) is 0 Å². The highest BCUT2D eigenvalue weighted by Gasteiger charge is 2.44. The van der Waals surface area contributed by atoms with Gasteiger partial charge in [-0.2, -0.15) is 0 Å². The summed E-state index contributed by atoms with van der Waals surface area (Å²) < 4.78 is 0. The number of hydrogen-bond acceptors (Lipinski definition) is 1. The van der Waals surface area contributed by atoms with E-state index in [4.69, 9.17) is 0 Å². The van der Waals surface area contributed by atoms with Crippen LogP contribution in [-0.2, 0) is 0 Å². The fourth-order valence-electron chi connectivity index (χ4n) is 3.01. The van der Waals surface area contributed by atoms with E-state index in [-0.39, 0.29) is 0 Å². The average molecular weight is 179 g/mol. The minimum atomic E-state index is 0.737. The zero-order valence-corrected chi connectivity index (χ0v) is 9.01. The normalized spacial score (nSPS) is 40.9. The lowest BCUT2D eigenvalue weighted by Gasteiger charge is -2.39. The number of nitrogens with one attached hydrogen (secondary N) is 1. The topological polar surface area (TPSA) is 12.0 Å². The molecule has 74 valence electrons. The molecule has 0 spiro atoms. The molecule has 13 heavy (non-hydrogen) atoms. The first-order chi connectivity index (χ1) is 6.20. The molecule has 0 saturated heterocycles. The summed E-state index contributed by atoms with van der Waals surface area (Å²) in [5.74, 6) is 2.72. The Morgan fingerprint density at radius 2 is 2.15 bits per heavy atom. The average Bonchev–Trinajstić information content (AvgIpc) is 2.31. The molecule has 0 amide bonds. The maximum absolute atomic E-state index is 3.42. The molecule has 2 aliphatic carbocycles. The van der Waals surface area contributed by atoms with E-state index in [1.54, 1.807) is 5.57 Å². The van der Waals surface area contributed by atoms with E-state index in [1.807, 2.05) is 0 Å². The Balaban J connectivity index is 1.95. The van der Waals surface area contributed by atoms with Gasteiger partial charge in [0.15, 0.2) is 0 Å². The smallest absolute Gasteiger partial charge is 0.0101 e. The highest BCUT2D eigenvalue weighted by molar-refractivity contribution is 5.17. The fourth-order valence-corrected chi connectivity index (χ4v) is 3.01. The Morgan fingerprint density at radius 1 is 1.38 bits per heavy atom. The summed E-state index contributed by atoms with van der Waals surface area (Å²) in [6.07, 6.45) is 6.65. The van der Waals surface area contributed by atoms with Gasteiger partial charge in [0.25, 0.3) is 0 Å². The van der Waals surface area contributed by atoms with Crippen molar-refractivity contribution in [2.45, 2.75) is 39.2 Å². The highest BCUT2D eigenvalue weighted by Crippen LogP contribution is 2.49. The lowest BCUT2D eigenvalue weighted by Crippen LogP contribution is -2.46. The van der Waals surface area contributed by atoms with Crippen LogP contribution in [0.1, 0.15) is 33.1 Å². The first-order valence-corrected chi connectivity index (χ1v) is 5.57. The summed E-state index contributed by atoms with van der Waals surface area (Å²) >= 11 is 0. The Labute approximate surface area is 81.6 Å². The SMILES string of the molecule is CNC1CC2CC(=CC(C)C)CC21. The predicted molar refractivity (Wildman–Crippen MR) is 56.6 cm³/mol. The van der Waals surface area contributed by atoms with Gasteiger partial charge in [0, 0.05) is 6.04 Å². The largest absolute Gasteiger partial charge is 0.317 e. The summed E-state index contributed by atoms with van der Waals surface area (Å²) in [6, 6.07) is 0.822. The molecule has 2 fully saturated rings. The van der Waals surface area contributed by atoms with Crippen LogP contribution in [-0.4, -0.2) is 13.1 Å². The molecule has 2 saturated carbocycles. The van der Waals surface area contributed by atoms with Crippen molar-refractivity contribution in [2.24, 2.45) is 17.8 Å². The van der Waals surface area contributed by atoms with Crippen LogP contribution in [0.4, 0.5) is 0 Å². The third kappa shape index (κ3) is 1.67. The summed E-state index contributed by atoms with van der Waals surface area (Å²) in [4.78, 5) is 0. The van der Waals surface area contributed by atoms with Crippen molar-refractivity contribution < 1.29 is 0 Å². The molecule has 0 radical (unpaired) electrons. The lowest BCUT2D eigenvalue weighted by atomic mass is 9.72. The molecule has 0 aromatic carbocycles. The van der Waals surface area contributed by atoms with Crippen molar-refractivity contribution in [3.05, 3.63) is 11.6 Å². The van der Waals surface area contributed by atoms with Gasteiger partial charge < -0.3 is 5.32 Å². The van der Waals surface area contributed by atoms with Crippen LogP contribution in [0.5, 0.6) is 0 Å². The molecule has 2 aliphatic rings. The Morgan fingerprint density at radius 3 is 2.77 bits per heavy atom. The van der Waals surface area contributed by atoms with Gasteiger partial charge in [-0.05, 0) is 44.1 Å². The van der Waals surface area contributed by atoms with E-state index in [1.165, 1.54) is 19.3 Å². The molecule has 2 rings (SSSR count). The molecule has 1 N–H and O–H groups in total. The van der Waals surface area contributed by atoms with Crippen LogP contribution in [0.2, 0.25) is 0 Å². The molecular formula is C12H21N. The van der Waals surface area contributed by atoms with Crippen molar-refractivity contribution in [2.75, 3.05) is 7.05 Å². The maximum atomic E-state index is 3.42. The number of hydrogen-bond donors (Lipinski definition) is 1. The second-order valence-electron chi connectivity index (χ2n) is 5.03. The van der Waals surface area contributed by atoms with Gasteiger partial charge in [0.2, 0.25) is 0 Å². The van der Waals surface area contributed by atoms with Crippen molar-refractivity contribution in [3.8, 4) is 0 Å². The minimum Gasteiger partial charge on any atom is -0.317 e. The second-order valence-corrected chi connectivity index (χ2v) is 5.03. The Hall–Kier alpha value is -0.300. The van der Waals surface area contributed by atoms with E-state index < -0.39 is 0 Å². The monoisotopic (exact) mass is 179 g/mol. The summed E-state index contributed by atoms with van der Waals surface area (Å²) in [5, 5.41) is 3.42. The van der Waals surface area contributed by atoms with E-state index >= 15 is 0 Å².